The van der Waals surface area contributed by atoms with E-state index in [4.69, 9.17) is 32.7 Å². The highest BCUT2D eigenvalue weighted by molar-refractivity contribution is 6.34. The summed E-state index contributed by atoms with van der Waals surface area (Å²) in [5, 5.41) is 4.41. The molecular weight excluding hydrogens is 309 g/mol. The molecule has 0 aliphatic rings. The van der Waals surface area contributed by atoms with E-state index in [0.717, 1.165) is 17.9 Å². The van der Waals surface area contributed by atoms with E-state index >= 15 is 0 Å². The molecule has 0 saturated carbocycles. The molecule has 0 atom stereocenters. The molecule has 0 heterocycles. The summed E-state index contributed by atoms with van der Waals surface area (Å²) < 4.78 is 10.9. The van der Waals surface area contributed by atoms with Crippen LogP contribution in [0.4, 0.5) is 0 Å². The lowest BCUT2D eigenvalue weighted by atomic mass is 10.2. The van der Waals surface area contributed by atoms with Crippen LogP contribution >= 0.6 is 23.2 Å². The van der Waals surface area contributed by atoms with Gasteiger partial charge in [0.15, 0.2) is 0 Å². The molecule has 3 nitrogen and oxygen atoms in total. The van der Waals surface area contributed by atoms with Gasteiger partial charge in [-0.15, -0.1) is 0 Å². The Bertz CT molecular complexity index is 590. The smallest absolute Gasteiger partial charge is 0.147 e. The number of hydrogen-bond acceptors (Lipinski definition) is 3. The van der Waals surface area contributed by atoms with Crippen LogP contribution in [-0.4, -0.2) is 20.3 Å². The Labute approximate surface area is 134 Å². The lowest BCUT2D eigenvalue weighted by Gasteiger charge is -2.13. The van der Waals surface area contributed by atoms with Crippen LogP contribution in [0.25, 0.3) is 0 Å². The molecule has 0 amide bonds. The Hall–Kier alpha value is -1.26. The predicted molar refractivity (Wildman–Crippen MR) is 86.6 cm³/mol. The van der Waals surface area contributed by atoms with Crippen LogP contribution in [0.2, 0.25) is 10.0 Å². The lowest BCUT2D eigenvalue weighted by molar-refractivity contribution is 0.199. The SMILES string of the molecule is COCCNCc1ccccc1Oc1cc(Cl)ccc1Cl. The van der Waals surface area contributed by atoms with E-state index in [-0.39, 0.29) is 0 Å². The number of methoxy groups -OCH3 is 1. The van der Waals surface area contributed by atoms with Crippen LogP contribution < -0.4 is 10.1 Å². The zero-order valence-electron chi connectivity index (χ0n) is 11.7. The molecule has 1 N–H and O–H groups in total. The van der Waals surface area contributed by atoms with Crippen LogP contribution in [0, 0.1) is 0 Å². The van der Waals surface area contributed by atoms with Gasteiger partial charge in [0.1, 0.15) is 11.5 Å². The maximum absolute atomic E-state index is 6.13. The molecule has 0 radical (unpaired) electrons. The van der Waals surface area contributed by atoms with Crippen LogP contribution in [-0.2, 0) is 11.3 Å². The van der Waals surface area contributed by atoms with Crippen molar-refractivity contribution < 1.29 is 9.47 Å². The minimum Gasteiger partial charge on any atom is -0.455 e. The van der Waals surface area contributed by atoms with Gasteiger partial charge in [0.2, 0.25) is 0 Å². The third-order valence-corrected chi connectivity index (χ3v) is 3.43. The summed E-state index contributed by atoms with van der Waals surface area (Å²) >= 11 is 12.1. The summed E-state index contributed by atoms with van der Waals surface area (Å²) in [5.41, 5.74) is 1.05. The van der Waals surface area contributed by atoms with Crippen molar-refractivity contribution in [2.45, 2.75) is 6.54 Å². The zero-order chi connectivity index (χ0) is 15.1. The molecule has 0 saturated heterocycles. The Balaban J connectivity index is 2.10. The van der Waals surface area contributed by atoms with Gasteiger partial charge >= 0.3 is 0 Å². The van der Waals surface area contributed by atoms with Gasteiger partial charge in [-0.1, -0.05) is 41.4 Å². The second-order valence-electron chi connectivity index (χ2n) is 4.45. The van der Waals surface area contributed by atoms with Gasteiger partial charge in [0.25, 0.3) is 0 Å². The molecule has 112 valence electrons. The minimum absolute atomic E-state index is 0.529. The van der Waals surface area contributed by atoms with E-state index in [2.05, 4.69) is 5.32 Å². The molecule has 0 fully saturated rings. The molecule has 2 rings (SSSR count). The fraction of sp³-hybridized carbons (Fsp3) is 0.250. The van der Waals surface area contributed by atoms with Crippen LogP contribution in [0.15, 0.2) is 42.5 Å². The second kappa shape index (κ2) is 8.25. The number of ether oxygens (including phenoxy) is 2. The van der Waals surface area contributed by atoms with Crippen LogP contribution in [0.1, 0.15) is 5.56 Å². The first-order valence-corrected chi connectivity index (χ1v) is 7.37. The molecule has 5 heteroatoms. The highest BCUT2D eigenvalue weighted by atomic mass is 35.5. The largest absolute Gasteiger partial charge is 0.455 e. The molecule has 2 aromatic rings. The third kappa shape index (κ3) is 4.90. The fourth-order valence-electron chi connectivity index (χ4n) is 1.82. The molecule has 0 bridgehead atoms. The highest BCUT2D eigenvalue weighted by Gasteiger charge is 2.08. The van der Waals surface area contributed by atoms with Crippen LogP contribution in [0.5, 0.6) is 11.5 Å². The first kappa shape index (κ1) is 16.1. The van der Waals surface area contributed by atoms with E-state index in [1.54, 1.807) is 25.3 Å². The van der Waals surface area contributed by atoms with E-state index in [9.17, 15) is 0 Å². The van der Waals surface area contributed by atoms with E-state index in [1.165, 1.54) is 0 Å². The molecule has 0 aliphatic heterocycles. The predicted octanol–water partition coefficient (Wildman–Crippen LogP) is 4.52. The van der Waals surface area contributed by atoms with Crippen molar-refractivity contribution >= 4 is 23.2 Å². The quantitative estimate of drug-likeness (QED) is 0.759. The number of halogens is 2. The summed E-state index contributed by atoms with van der Waals surface area (Å²) in [6, 6.07) is 13.0. The Morgan fingerprint density at radius 2 is 1.86 bits per heavy atom. The number of para-hydroxylation sites is 1. The maximum Gasteiger partial charge on any atom is 0.147 e. The first-order chi connectivity index (χ1) is 10.2. The average molecular weight is 326 g/mol. The first-order valence-electron chi connectivity index (χ1n) is 6.61. The standard InChI is InChI=1S/C16H17Cl2NO2/c1-20-9-8-19-11-12-4-2-3-5-15(12)21-16-10-13(17)6-7-14(16)18/h2-7,10,19H,8-9,11H2,1H3. The number of hydrogen-bond donors (Lipinski definition) is 1. The molecule has 0 spiro atoms. The van der Waals surface area contributed by atoms with Crippen molar-refractivity contribution in [2.24, 2.45) is 0 Å². The van der Waals surface area contributed by atoms with Gasteiger partial charge in [-0.2, -0.15) is 0 Å². The van der Waals surface area contributed by atoms with Crippen LogP contribution in [0.3, 0.4) is 0 Å². The van der Waals surface area contributed by atoms with Crippen molar-refractivity contribution in [1.29, 1.82) is 0 Å². The molecule has 0 aromatic heterocycles. The Kier molecular flexibility index (Phi) is 6.33. The Morgan fingerprint density at radius 1 is 1.05 bits per heavy atom. The molecular formula is C16H17Cl2NO2. The summed E-state index contributed by atoms with van der Waals surface area (Å²) in [6.45, 7) is 2.14. The molecule has 0 aliphatic carbocycles. The van der Waals surface area contributed by atoms with Crippen molar-refractivity contribution in [1.82, 2.24) is 5.32 Å². The maximum atomic E-state index is 6.13. The topological polar surface area (TPSA) is 30.5 Å². The van der Waals surface area contributed by atoms with Crippen molar-refractivity contribution in [3.8, 4) is 11.5 Å². The fourth-order valence-corrected chi connectivity index (χ4v) is 2.14. The summed E-state index contributed by atoms with van der Waals surface area (Å²) in [7, 11) is 1.68. The van der Waals surface area contributed by atoms with E-state index in [0.29, 0.717) is 28.9 Å². The van der Waals surface area contributed by atoms with E-state index in [1.807, 2.05) is 24.3 Å². The van der Waals surface area contributed by atoms with E-state index < -0.39 is 0 Å². The Morgan fingerprint density at radius 3 is 2.67 bits per heavy atom. The minimum atomic E-state index is 0.529. The second-order valence-corrected chi connectivity index (χ2v) is 5.30. The summed E-state index contributed by atoms with van der Waals surface area (Å²) in [6.07, 6.45) is 0. The van der Waals surface area contributed by atoms with Gasteiger partial charge in [-0.3, -0.25) is 0 Å². The van der Waals surface area contributed by atoms with Crippen molar-refractivity contribution in [3.63, 3.8) is 0 Å². The normalized spacial score (nSPS) is 10.6. The average Bonchev–Trinajstić information content (AvgIpc) is 2.49. The highest BCUT2D eigenvalue weighted by Crippen LogP contribution is 2.33. The van der Waals surface area contributed by atoms with Gasteiger partial charge in [-0.05, 0) is 18.2 Å². The number of benzene rings is 2. The van der Waals surface area contributed by atoms with Crippen molar-refractivity contribution in [3.05, 3.63) is 58.1 Å². The third-order valence-electron chi connectivity index (χ3n) is 2.88. The van der Waals surface area contributed by atoms with Gasteiger partial charge in [0, 0.05) is 36.9 Å². The van der Waals surface area contributed by atoms with Gasteiger partial charge < -0.3 is 14.8 Å². The number of nitrogens with one attached hydrogen (secondary N) is 1. The number of rotatable bonds is 7. The van der Waals surface area contributed by atoms with Crippen molar-refractivity contribution in [2.75, 3.05) is 20.3 Å². The summed E-state index contributed by atoms with van der Waals surface area (Å²) in [4.78, 5) is 0. The van der Waals surface area contributed by atoms with Gasteiger partial charge in [0.05, 0.1) is 11.6 Å². The van der Waals surface area contributed by atoms with Gasteiger partial charge in [-0.25, -0.2) is 0 Å². The zero-order valence-corrected chi connectivity index (χ0v) is 13.2. The monoisotopic (exact) mass is 325 g/mol. The lowest BCUT2D eigenvalue weighted by Crippen LogP contribution is -2.18. The molecule has 21 heavy (non-hydrogen) atoms. The summed E-state index contributed by atoms with van der Waals surface area (Å²) in [5.74, 6) is 1.31. The molecule has 0 unspecified atom stereocenters. The molecule has 2 aromatic carbocycles.